The molecule has 0 aliphatic carbocycles. The van der Waals surface area contributed by atoms with Crippen LogP contribution in [0.15, 0.2) is 59.0 Å². The Labute approximate surface area is 123 Å². The normalized spacial score (nSPS) is 12.8. The van der Waals surface area contributed by atoms with E-state index in [9.17, 15) is 0 Å². The molecular weight excluding hydrogens is 248 g/mol. The van der Waals surface area contributed by atoms with Gasteiger partial charge in [-0.05, 0) is 26.3 Å². The predicted octanol–water partition coefficient (Wildman–Crippen LogP) is 4.70. The Morgan fingerprint density at radius 2 is 1.95 bits per heavy atom. The van der Waals surface area contributed by atoms with Gasteiger partial charge in [0.1, 0.15) is 11.5 Å². The van der Waals surface area contributed by atoms with Crippen molar-refractivity contribution in [3.63, 3.8) is 0 Å². The van der Waals surface area contributed by atoms with Crippen LogP contribution in [0.2, 0.25) is 0 Å². The number of hydrogen-bond donors (Lipinski definition) is 1. The summed E-state index contributed by atoms with van der Waals surface area (Å²) in [5.74, 6) is 0.611. The highest BCUT2D eigenvalue weighted by atomic mass is 15.3. The lowest BCUT2D eigenvalue weighted by atomic mass is 10.2. The summed E-state index contributed by atoms with van der Waals surface area (Å²) in [6.07, 6.45) is 10.4. The molecule has 0 radical (unpaired) electrons. The Bertz CT molecular complexity index is 387. The van der Waals surface area contributed by atoms with Gasteiger partial charge in [-0.3, -0.25) is 0 Å². The predicted molar refractivity (Wildman–Crippen MR) is 86.7 cm³/mol. The summed E-state index contributed by atoms with van der Waals surface area (Å²) in [6, 6.07) is 0. The molecule has 20 heavy (non-hydrogen) atoms. The zero-order valence-corrected chi connectivity index (χ0v) is 13.1. The monoisotopic (exact) mass is 276 g/mol. The minimum Gasteiger partial charge on any atom is -0.400 e. The van der Waals surface area contributed by atoms with Gasteiger partial charge in [-0.25, -0.2) is 0 Å². The maximum Gasteiger partial charge on any atom is 0.147 e. The molecule has 4 heteroatoms. The highest BCUT2D eigenvalue weighted by Gasteiger charge is 2.03. The number of nitrogens with two attached hydrogens (primary N) is 1. The molecule has 4 nitrogen and oxygen atoms in total. The smallest absolute Gasteiger partial charge is 0.147 e. The molecule has 0 aromatic heterocycles. The molecule has 0 spiro atoms. The van der Waals surface area contributed by atoms with Crippen molar-refractivity contribution in [2.75, 3.05) is 6.54 Å². The molecule has 112 valence electrons. The maximum atomic E-state index is 5.68. The van der Waals surface area contributed by atoms with Gasteiger partial charge in [0.15, 0.2) is 0 Å². The highest BCUT2D eigenvalue weighted by Crippen LogP contribution is 2.11. The molecule has 2 N–H and O–H groups in total. The Hall–Kier alpha value is -1.84. The zero-order chi connectivity index (χ0) is 15.4. The van der Waals surface area contributed by atoms with Crippen LogP contribution in [-0.4, -0.2) is 11.4 Å². The summed E-state index contributed by atoms with van der Waals surface area (Å²) < 4.78 is 0. The average molecular weight is 276 g/mol. The molecular formula is C16H28N4. The third kappa shape index (κ3) is 7.56. The maximum absolute atomic E-state index is 5.68. The van der Waals surface area contributed by atoms with Crippen LogP contribution in [-0.2, 0) is 0 Å². The van der Waals surface area contributed by atoms with E-state index in [2.05, 4.69) is 30.3 Å². The largest absolute Gasteiger partial charge is 0.400 e. The highest BCUT2D eigenvalue weighted by molar-refractivity contribution is 5.18. The summed E-state index contributed by atoms with van der Waals surface area (Å²) in [4.78, 5) is 2.01. The van der Waals surface area contributed by atoms with Gasteiger partial charge in [-0.2, -0.15) is 0 Å². The van der Waals surface area contributed by atoms with E-state index in [1.807, 2.05) is 24.1 Å². The number of allylic oxidation sites excluding steroid dienone is 3. The van der Waals surface area contributed by atoms with E-state index in [4.69, 9.17) is 5.73 Å². The van der Waals surface area contributed by atoms with Crippen LogP contribution in [0.3, 0.4) is 0 Å². The van der Waals surface area contributed by atoms with E-state index in [0.29, 0.717) is 17.2 Å². The summed E-state index contributed by atoms with van der Waals surface area (Å²) in [5.41, 5.74) is 6.85. The zero-order valence-electron chi connectivity index (χ0n) is 13.1. The molecule has 0 amide bonds. The Balaban J connectivity index is 4.61. The van der Waals surface area contributed by atoms with Gasteiger partial charge < -0.3 is 10.6 Å². The van der Waals surface area contributed by atoms with Crippen LogP contribution in [0, 0.1) is 0 Å². The van der Waals surface area contributed by atoms with Gasteiger partial charge in [0.25, 0.3) is 0 Å². The van der Waals surface area contributed by atoms with Crippen LogP contribution in [0.1, 0.15) is 46.5 Å². The first-order valence-electron chi connectivity index (χ1n) is 7.15. The molecule has 0 saturated heterocycles. The van der Waals surface area contributed by atoms with Crippen molar-refractivity contribution >= 4 is 0 Å². The first-order chi connectivity index (χ1) is 9.56. The van der Waals surface area contributed by atoms with Crippen LogP contribution in [0.4, 0.5) is 0 Å². The number of rotatable bonds is 10. The SMILES string of the molecule is C=CC(/N=N/C(=C)N(/C=C\C)CCCCCC)=C(\C)N. The van der Waals surface area contributed by atoms with Crippen LogP contribution in [0.25, 0.3) is 0 Å². The summed E-state index contributed by atoms with van der Waals surface area (Å²) in [6.45, 7) is 14.5. The Morgan fingerprint density at radius 3 is 2.45 bits per heavy atom. The lowest BCUT2D eigenvalue weighted by molar-refractivity contribution is 0.432. The molecule has 0 aliphatic rings. The van der Waals surface area contributed by atoms with Crippen molar-refractivity contribution in [3.8, 4) is 0 Å². The molecule has 0 aromatic rings. The van der Waals surface area contributed by atoms with Crippen LogP contribution in [0.5, 0.6) is 0 Å². The van der Waals surface area contributed by atoms with Gasteiger partial charge in [0.2, 0.25) is 0 Å². The molecule has 0 atom stereocenters. The van der Waals surface area contributed by atoms with E-state index in [1.54, 1.807) is 13.0 Å². The fraction of sp³-hybridized carbons (Fsp3) is 0.500. The number of nitrogens with zero attached hydrogens (tertiary/aromatic N) is 3. The van der Waals surface area contributed by atoms with Crippen molar-refractivity contribution in [1.82, 2.24) is 4.90 Å². The van der Waals surface area contributed by atoms with Crippen LogP contribution < -0.4 is 5.73 Å². The van der Waals surface area contributed by atoms with Gasteiger partial charge >= 0.3 is 0 Å². The van der Waals surface area contributed by atoms with E-state index < -0.39 is 0 Å². The van der Waals surface area contributed by atoms with E-state index in [1.165, 1.54) is 19.3 Å². The second-order valence-electron chi connectivity index (χ2n) is 4.63. The van der Waals surface area contributed by atoms with Crippen LogP contribution >= 0.6 is 0 Å². The van der Waals surface area contributed by atoms with Gasteiger partial charge in [-0.15, -0.1) is 10.2 Å². The second kappa shape index (κ2) is 11.0. The molecule has 0 rings (SSSR count). The fourth-order valence-electron chi connectivity index (χ4n) is 1.63. The number of azo groups is 1. The van der Waals surface area contributed by atoms with Crippen molar-refractivity contribution in [2.45, 2.75) is 46.5 Å². The van der Waals surface area contributed by atoms with E-state index in [-0.39, 0.29) is 0 Å². The molecule has 0 aliphatic heterocycles. The standard InChI is InChI=1S/C16H28N4/c1-6-9-10-11-13-20(12-7-2)15(5)18-19-16(8-3)14(4)17/h7-8,12H,3,5-6,9-11,13,17H2,1-2,4H3/b12-7-,16-14-,19-18+. The summed E-state index contributed by atoms with van der Waals surface area (Å²) in [7, 11) is 0. The van der Waals surface area contributed by atoms with E-state index in [0.717, 1.165) is 13.0 Å². The summed E-state index contributed by atoms with van der Waals surface area (Å²) in [5, 5.41) is 8.21. The fourth-order valence-corrected chi connectivity index (χ4v) is 1.63. The minimum atomic E-state index is 0.581. The van der Waals surface area contributed by atoms with Gasteiger partial charge in [-0.1, -0.05) is 45.4 Å². The van der Waals surface area contributed by atoms with Gasteiger partial charge in [0.05, 0.1) is 0 Å². The van der Waals surface area contributed by atoms with E-state index >= 15 is 0 Å². The van der Waals surface area contributed by atoms with Crippen molar-refractivity contribution in [1.29, 1.82) is 0 Å². The third-order valence-corrected chi connectivity index (χ3v) is 2.78. The Kier molecular flexibility index (Phi) is 10.0. The summed E-state index contributed by atoms with van der Waals surface area (Å²) >= 11 is 0. The quantitative estimate of drug-likeness (QED) is 0.357. The first kappa shape index (κ1) is 18.2. The van der Waals surface area contributed by atoms with Gasteiger partial charge in [0, 0.05) is 18.4 Å². The second-order valence-corrected chi connectivity index (χ2v) is 4.63. The molecule has 0 fully saturated rings. The topological polar surface area (TPSA) is 54.0 Å². The van der Waals surface area contributed by atoms with Crippen molar-refractivity contribution < 1.29 is 0 Å². The lowest BCUT2D eigenvalue weighted by Crippen LogP contribution is -2.16. The first-order valence-corrected chi connectivity index (χ1v) is 7.15. The van der Waals surface area contributed by atoms with Crippen molar-refractivity contribution in [3.05, 3.63) is 48.7 Å². The minimum absolute atomic E-state index is 0.581. The number of unbranched alkanes of at least 4 members (excludes halogenated alkanes) is 3. The molecule has 0 saturated carbocycles. The molecule has 0 aromatic carbocycles. The lowest BCUT2D eigenvalue weighted by Gasteiger charge is -2.18. The van der Waals surface area contributed by atoms with Crippen molar-refractivity contribution in [2.24, 2.45) is 16.0 Å². The third-order valence-electron chi connectivity index (χ3n) is 2.78. The Morgan fingerprint density at radius 1 is 1.25 bits per heavy atom. The number of hydrogen-bond acceptors (Lipinski definition) is 4. The molecule has 0 heterocycles. The molecule has 0 unspecified atom stereocenters. The average Bonchev–Trinajstić information content (AvgIpc) is 2.42. The molecule has 0 bridgehead atoms.